The predicted molar refractivity (Wildman–Crippen MR) is 143 cm³/mol. The summed E-state index contributed by atoms with van der Waals surface area (Å²) in [7, 11) is -4.54. The molecule has 1 aliphatic heterocycles. The number of hydrogen-bond acceptors (Lipinski definition) is 13. The van der Waals surface area contributed by atoms with Crippen LogP contribution >= 0.6 is 7.82 Å². The molecule has 5 atom stereocenters. The molecular formula is C28H33O13P. The van der Waals surface area contributed by atoms with Crippen LogP contribution in [0.5, 0.6) is 0 Å². The van der Waals surface area contributed by atoms with Gasteiger partial charge in [-0.05, 0) is 11.1 Å². The summed E-state index contributed by atoms with van der Waals surface area (Å²) < 4.78 is 58.2. The molecule has 0 spiro atoms. The molecule has 0 saturated carbocycles. The zero-order valence-electron chi connectivity index (χ0n) is 23.5. The summed E-state index contributed by atoms with van der Waals surface area (Å²) in [5.74, 6) is -3.16. The van der Waals surface area contributed by atoms with E-state index in [1.54, 1.807) is 60.7 Å². The van der Waals surface area contributed by atoms with Crippen molar-refractivity contribution >= 4 is 31.7 Å². The summed E-state index contributed by atoms with van der Waals surface area (Å²) in [5.41, 5.74) is 1.29. The Bertz CT molecular complexity index is 1210. The lowest BCUT2D eigenvalue weighted by Gasteiger charge is -2.44. The summed E-state index contributed by atoms with van der Waals surface area (Å²) >= 11 is 0. The lowest BCUT2D eigenvalue weighted by Crippen LogP contribution is -2.62. The highest BCUT2D eigenvalue weighted by molar-refractivity contribution is 7.48. The van der Waals surface area contributed by atoms with E-state index in [0.29, 0.717) is 11.1 Å². The molecule has 1 heterocycles. The Labute approximate surface area is 242 Å². The molecule has 2 aromatic carbocycles. The fourth-order valence-electron chi connectivity index (χ4n) is 3.95. The molecule has 0 radical (unpaired) electrons. The first kappa shape index (κ1) is 32.9. The van der Waals surface area contributed by atoms with E-state index in [1.807, 2.05) is 0 Å². The van der Waals surface area contributed by atoms with Gasteiger partial charge in [-0.1, -0.05) is 60.7 Å². The number of carbonyl (C=O) groups is 4. The molecule has 228 valence electrons. The van der Waals surface area contributed by atoms with E-state index in [1.165, 1.54) is 0 Å². The van der Waals surface area contributed by atoms with Gasteiger partial charge in [0.15, 0.2) is 18.3 Å². The van der Waals surface area contributed by atoms with Gasteiger partial charge >= 0.3 is 31.7 Å². The third-order valence-corrected chi connectivity index (χ3v) is 7.00. The second-order valence-electron chi connectivity index (χ2n) is 9.14. The molecule has 2 unspecified atom stereocenters. The van der Waals surface area contributed by atoms with Crippen molar-refractivity contribution in [1.82, 2.24) is 0 Å². The van der Waals surface area contributed by atoms with Crippen molar-refractivity contribution in [3.05, 3.63) is 71.8 Å². The zero-order chi connectivity index (χ0) is 30.7. The average molecular weight is 609 g/mol. The van der Waals surface area contributed by atoms with Crippen molar-refractivity contribution in [3.63, 3.8) is 0 Å². The Morgan fingerprint density at radius 2 is 1.12 bits per heavy atom. The highest BCUT2D eigenvalue weighted by Crippen LogP contribution is 2.53. The van der Waals surface area contributed by atoms with Crippen LogP contribution in [0.15, 0.2) is 60.7 Å². The Hall–Kier alpha value is -3.61. The molecular weight excluding hydrogens is 575 g/mol. The Balaban J connectivity index is 1.98. The van der Waals surface area contributed by atoms with Gasteiger partial charge in [0.05, 0.1) is 13.2 Å². The molecule has 13 nitrogen and oxygen atoms in total. The third kappa shape index (κ3) is 10.3. The molecule has 1 saturated heterocycles. The highest BCUT2D eigenvalue weighted by atomic mass is 31.2. The van der Waals surface area contributed by atoms with Gasteiger partial charge in [-0.15, -0.1) is 0 Å². The van der Waals surface area contributed by atoms with Gasteiger partial charge in [-0.2, -0.15) is 0 Å². The molecule has 0 amide bonds. The SMILES string of the molecule is CC(=O)OCC1O[C@@H](OP(=O)(OCc2ccccc2)OCc2ccccc2)C(OC(C)=O)[C@@H](OC(C)=O)[C@H]1OC(C)=O. The van der Waals surface area contributed by atoms with Crippen molar-refractivity contribution in [2.75, 3.05) is 6.61 Å². The van der Waals surface area contributed by atoms with E-state index in [-0.39, 0.29) is 13.2 Å². The maximum absolute atomic E-state index is 14.1. The fraction of sp³-hybridized carbons (Fsp3) is 0.429. The van der Waals surface area contributed by atoms with Gasteiger partial charge in [-0.3, -0.25) is 32.7 Å². The maximum atomic E-state index is 14.1. The van der Waals surface area contributed by atoms with Crippen molar-refractivity contribution in [3.8, 4) is 0 Å². The minimum atomic E-state index is -4.54. The van der Waals surface area contributed by atoms with Crippen LogP contribution in [-0.2, 0) is 74.2 Å². The first-order chi connectivity index (χ1) is 20.0. The van der Waals surface area contributed by atoms with Crippen molar-refractivity contribution in [1.29, 1.82) is 0 Å². The number of esters is 4. The van der Waals surface area contributed by atoms with Crippen LogP contribution in [0.25, 0.3) is 0 Å². The van der Waals surface area contributed by atoms with Crippen LogP contribution in [0.3, 0.4) is 0 Å². The highest BCUT2D eigenvalue weighted by Gasteiger charge is 2.55. The van der Waals surface area contributed by atoms with Crippen LogP contribution < -0.4 is 0 Å². The Morgan fingerprint density at radius 3 is 1.57 bits per heavy atom. The van der Waals surface area contributed by atoms with E-state index in [9.17, 15) is 23.7 Å². The zero-order valence-corrected chi connectivity index (χ0v) is 24.4. The van der Waals surface area contributed by atoms with Gasteiger partial charge in [-0.25, -0.2) is 4.57 Å². The topological polar surface area (TPSA) is 159 Å². The lowest BCUT2D eigenvalue weighted by molar-refractivity contribution is -0.292. The number of rotatable bonds is 13. The first-order valence-electron chi connectivity index (χ1n) is 12.9. The van der Waals surface area contributed by atoms with Crippen LogP contribution in [0, 0.1) is 0 Å². The minimum absolute atomic E-state index is 0.196. The molecule has 42 heavy (non-hydrogen) atoms. The van der Waals surface area contributed by atoms with E-state index in [2.05, 4.69) is 0 Å². The number of hydrogen-bond donors (Lipinski definition) is 0. The summed E-state index contributed by atoms with van der Waals surface area (Å²) in [6, 6.07) is 17.6. The quantitative estimate of drug-likeness (QED) is 0.184. The minimum Gasteiger partial charge on any atom is -0.463 e. The van der Waals surface area contributed by atoms with E-state index in [0.717, 1.165) is 27.7 Å². The average Bonchev–Trinajstić information content (AvgIpc) is 2.93. The summed E-state index contributed by atoms with van der Waals surface area (Å²) in [6.07, 6.45) is -7.62. The van der Waals surface area contributed by atoms with Crippen molar-refractivity contribution in [2.45, 2.75) is 71.6 Å². The number of benzene rings is 2. The third-order valence-electron chi connectivity index (χ3n) is 5.65. The number of carbonyl (C=O) groups excluding carboxylic acids is 4. The monoisotopic (exact) mass is 608 g/mol. The standard InChI is InChI=1S/C28H33O13P/c1-18(29)34-17-24-25(37-19(2)30)26(38-20(3)31)27(39-21(4)32)28(40-24)41-42(33,35-15-22-11-7-5-8-12-22)36-16-23-13-9-6-10-14-23/h5-14,24-28H,15-17H2,1-4H3/t24?,25-,26-,27?,28-/m0/s1. The van der Waals surface area contributed by atoms with Crippen LogP contribution in [0.4, 0.5) is 0 Å². The maximum Gasteiger partial charge on any atom is 0.477 e. The second kappa shape index (κ2) is 15.6. The van der Waals surface area contributed by atoms with Crippen LogP contribution in [0.1, 0.15) is 38.8 Å². The molecule has 1 aliphatic rings. The molecule has 2 aromatic rings. The Kier molecular flexibility index (Phi) is 12.2. The molecule has 14 heteroatoms. The Morgan fingerprint density at radius 1 is 0.667 bits per heavy atom. The largest absolute Gasteiger partial charge is 0.477 e. The van der Waals surface area contributed by atoms with Crippen LogP contribution in [0.2, 0.25) is 0 Å². The van der Waals surface area contributed by atoms with E-state index < -0.39 is 69.0 Å². The summed E-state index contributed by atoms with van der Waals surface area (Å²) in [4.78, 5) is 47.7. The molecule has 0 bridgehead atoms. The predicted octanol–water partition coefficient (Wildman–Crippen LogP) is 3.63. The van der Waals surface area contributed by atoms with Gasteiger partial charge in [0.1, 0.15) is 12.7 Å². The van der Waals surface area contributed by atoms with E-state index >= 15 is 0 Å². The van der Waals surface area contributed by atoms with Crippen molar-refractivity contribution in [2.24, 2.45) is 0 Å². The van der Waals surface area contributed by atoms with Gasteiger partial charge in [0.2, 0.25) is 6.29 Å². The lowest BCUT2D eigenvalue weighted by atomic mass is 9.98. The normalized spacial score (nSPS) is 22.0. The molecule has 0 aliphatic carbocycles. The number of phosphoric acid groups is 1. The fourth-order valence-corrected chi connectivity index (χ4v) is 5.19. The molecule has 1 fully saturated rings. The smallest absolute Gasteiger partial charge is 0.463 e. The summed E-state index contributed by atoms with van der Waals surface area (Å²) in [5, 5.41) is 0. The first-order valence-corrected chi connectivity index (χ1v) is 14.4. The number of phosphoric ester groups is 1. The summed E-state index contributed by atoms with van der Waals surface area (Å²) in [6.45, 7) is 3.52. The van der Waals surface area contributed by atoms with Gasteiger partial charge < -0.3 is 23.7 Å². The second-order valence-corrected chi connectivity index (χ2v) is 10.8. The van der Waals surface area contributed by atoms with Gasteiger partial charge in [0.25, 0.3) is 0 Å². The van der Waals surface area contributed by atoms with Crippen LogP contribution in [-0.4, -0.2) is 61.2 Å². The van der Waals surface area contributed by atoms with Gasteiger partial charge in [0, 0.05) is 27.7 Å². The van der Waals surface area contributed by atoms with Crippen molar-refractivity contribution < 1.29 is 61.0 Å². The molecule has 3 rings (SSSR count). The van der Waals surface area contributed by atoms with E-state index in [4.69, 9.17) is 37.3 Å². The molecule has 0 aromatic heterocycles. The number of ether oxygens (including phenoxy) is 5. The molecule has 0 N–H and O–H groups in total.